The van der Waals surface area contributed by atoms with Crippen LogP contribution in [-0.2, 0) is 0 Å². The molecule has 0 heterocycles. The van der Waals surface area contributed by atoms with Gasteiger partial charge in [-0.05, 0) is 18.2 Å². The van der Waals surface area contributed by atoms with Gasteiger partial charge in [0, 0.05) is 17.2 Å². The van der Waals surface area contributed by atoms with Crippen LogP contribution >= 0.6 is 11.6 Å². The molecule has 0 spiro atoms. The van der Waals surface area contributed by atoms with Crippen LogP contribution in [0, 0.1) is 0 Å². The number of carbonyl (C=O) groups excluding carboxylic acids is 2. The number of Topliss-reactive ketones (excluding diaryl/α,β-unsaturated/α-hetero) is 1. The molecule has 0 fully saturated rings. The first kappa shape index (κ1) is 8.97. The predicted molar refractivity (Wildman–Crippen MR) is 50.7 cm³/mol. The maximum absolute atomic E-state index is 11.5. The summed E-state index contributed by atoms with van der Waals surface area (Å²) in [6.07, 6.45) is 1.09. The summed E-state index contributed by atoms with van der Waals surface area (Å²) >= 11 is 5.55. The second-order valence-electron chi connectivity index (χ2n) is 2.92. The summed E-state index contributed by atoms with van der Waals surface area (Å²) < 4.78 is 0. The van der Waals surface area contributed by atoms with E-state index in [1.807, 2.05) is 0 Å². The molecule has 1 aromatic rings. The van der Waals surface area contributed by atoms with Crippen molar-refractivity contribution >= 4 is 23.2 Å². The number of halogens is 1. The molecular formula is C10H5ClO3. The Hall–Kier alpha value is -1.61. The lowest BCUT2D eigenvalue weighted by atomic mass is 9.94. The summed E-state index contributed by atoms with van der Waals surface area (Å²) in [5.41, 5.74) is 0.430. The lowest BCUT2D eigenvalue weighted by Gasteiger charge is -2.10. The molecule has 14 heavy (non-hydrogen) atoms. The summed E-state index contributed by atoms with van der Waals surface area (Å²) in [7, 11) is 0. The van der Waals surface area contributed by atoms with Crippen molar-refractivity contribution in [2.45, 2.75) is 0 Å². The van der Waals surface area contributed by atoms with E-state index < -0.39 is 5.78 Å². The van der Waals surface area contributed by atoms with Crippen molar-refractivity contribution in [2.24, 2.45) is 0 Å². The minimum atomic E-state index is -0.433. The van der Waals surface area contributed by atoms with Gasteiger partial charge in [-0.15, -0.1) is 0 Å². The molecule has 3 nitrogen and oxygen atoms in total. The molecule has 0 unspecified atom stereocenters. The Balaban J connectivity index is 2.69. The van der Waals surface area contributed by atoms with Crippen LogP contribution < -0.4 is 0 Å². The molecule has 0 bridgehead atoms. The average Bonchev–Trinajstić information content (AvgIpc) is 2.14. The van der Waals surface area contributed by atoms with Crippen molar-refractivity contribution in [3.05, 3.63) is 40.4 Å². The molecule has 0 atom stereocenters. The Bertz CT molecular complexity index is 474. The molecule has 4 heteroatoms. The van der Waals surface area contributed by atoms with Crippen LogP contribution in [0.2, 0.25) is 0 Å². The van der Waals surface area contributed by atoms with E-state index in [1.54, 1.807) is 0 Å². The number of carbonyl (C=O) groups is 2. The van der Waals surface area contributed by atoms with E-state index in [1.165, 1.54) is 18.2 Å². The number of ketones is 2. The zero-order valence-corrected chi connectivity index (χ0v) is 7.71. The van der Waals surface area contributed by atoms with Crippen LogP contribution in [-0.4, -0.2) is 16.7 Å². The fraction of sp³-hybridized carbons (Fsp3) is 0. The number of hydrogen-bond acceptors (Lipinski definition) is 3. The highest BCUT2D eigenvalue weighted by molar-refractivity contribution is 6.49. The van der Waals surface area contributed by atoms with Crippen LogP contribution in [0.5, 0.6) is 5.75 Å². The highest BCUT2D eigenvalue weighted by Gasteiger charge is 2.24. The maximum atomic E-state index is 11.5. The average molecular weight is 209 g/mol. The van der Waals surface area contributed by atoms with Crippen molar-refractivity contribution < 1.29 is 14.7 Å². The van der Waals surface area contributed by atoms with Gasteiger partial charge in [0.05, 0.1) is 5.03 Å². The van der Waals surface area contributed by atoms with Gasteiger partial charge in [-0.2, -0.15) is 0 Å². The van der Waals surface area contributed by atoms with Gasteiger partial charge in [0.1, 0.15) is 5.75 Å². The Morgan fingerprint density at radius 1 is 1.14 bits per heavy atom. The first-order chi connectivity index (χ1) is 6.59. The topological polar surface area (TPSA) is 54.4 Å². The Kier molecular flexibility index (Phi) is 1.89. The Labute approximate surface area is 84.6 Å². The molecule has 1 aliphatic rings. The summed E-state index contributed by atoms with van der Waals surface area (Å²) in [5.74, 6) is -0.807. The van der Waals surface area contributed by atoms with Crippen LogP contribution in [0.3, 0.4) is 0 Å². The van der Waals surface area contributed by atoms with E-state index >= 15 is 0 Å². The fourth-order valence-corrected chi connectivity index (χ4v) is 1.52. The molecule has 0 saturated carbocycles. The SMILES string of the molecule is O=C1C=C(Cl)C(=O)c2cc(O)ccc21. The van der Waals surface area contributed by atoms with Crippen molar-refractivity contribution in [3.63, 3.8) is 0 Å². The number of fused-ring (bicyclic) bond motifs is 1. The maximum Gasteiger partial charge on any atom is 0.205 e. The molecule has 0 radical (unpaired) electrons. The van der Waals surface area contributed by atoms with E-state index in [0.717, 1.165) is 6.08 Å². The summed E-state index contributed by atoms with van der Waals surface area (Å²) in [6.45, 7) is 0. The van der Waals surface area contributed by atoms with E-state index in [0.29, 0.717) is 0 Å². The van der Waals surface area contributed by atoms with Gasteiger partial charge in [-0.25, -0.2) is 0 Å². The molecule has 70 valence electrons. The van der Waals surface area contributed by atoms with Gasteiger partial charge in [0.25, 0.3) is 0 Å². The third-order valence-corrected chi connectivity index (χ3v) is 2.27. The first-order valence-electron chi connectivity index (χ1n) is 3.89. The largest absolute Gasteiger partial charge is 0.508 e. The highest BCUT2D eigenvalue weighted by Crippen LogP contribution is 2.26. The molecular weight excluding hydrogens is 204 g/mol. The van der Waals surface area contributed by atoms with Gasteiger partial charge in [0.2, 0.25) is 5.78 Å². The van der Waals surface area contributed by atoms with Gasteiger partial charge in [-0.1, -0.05) is 11.6 Å². The van der Waals surface area contributed by atoms with Crippen LogP contribution in [0.25, 0.3) is 0 Å². The number of rotatable bonds is 0. The number of aromatic hydroxyl groups is 1. The molecule has 0 saturated heterocycles. The van der Waals surface area contributed by atoms with Gasteiger partial charge < -0.3 is 5.11 Å². The molecule has 1 aromatic carbocycles. The molecule has 2 rings (SSSR count). The standard InChI is InChI=1S/C10H5ClO3/c11-8-4-9(13)6-2-1-5(12)3-7(6)10(8)14/h1-4,12H. The number of benzene rings is 1. The lowest BCUT2D eigenvalue weighted by molar-refractivity contribution is 0.0990. The molecule has 1 aliphatic carbocycles. The van der Waals surface area contributed by atoms with Crippen LogP contribution in [0.15, 0.2) is 29.3 Å². The quantitative estimate of drug-likeness (QED) is 0.709. The second-order valence-corrected chi connectivity index (χ2v) is 3.32. The molecule has 0 aromatic heterocycles. The van der Waals surface area contributed by atoms with Gasteiger partial charge >= 0.3 is 0 Å². The zero-order chi connectivity index (χ0) is 10.3. The Morgan fingerprint density at radius 3 is 2.57 bits per heavy atom. The van der Waals surface area contributed by atoms with Crippen LogP contribution in [0.4, 0.5) is 0 Å². The van der Waals surface area contributed by atoms with Crippen LogP contribution in [0.1, 0.15) is 20.7 Å². The first-order valence-corrected chi connectivity index (χ1v) is 4.26. The summed E-state index contributed by atoms with van der Waals surface area (Å²) in [5, 5.41) is 9.03. The zero-order valence-electron chi connectivity index (χ0n) is 6.95. The van der Waals surface area contributed by atoms with Gasteiger partial charge in [-0.3, -0.25) is 9.59 Å². The van der Waals surface area contributed by atoms with E-state index in [2.05, 4.69) is 0 Å². The Morgan fingerprint density at radius 2 is 1.86 bits per heavy atom. The second kappa shape index (κ2) is 2.96. The minimum Gasteiger partial charge on any atom is -0.508 e. The van der Waals surface area contributed by atoms with Gasteiger partial charge in [0.15, 0.2) is 5.78 Å². The predicted octanol–water partition coefficient (Wildman–Crippen LogP) is 1.89. The number of hydrogen-bond donors (Lipinski definition) is 1. The minimum absolute atomic E-state index is 0.0590. The third kappa shape index (κ3) is 1.22. The van der Waals surface area contributed by atoms with E-state index in [9.17, 15) is 9.59 Å². The van der Waals surface area contributed by atoms with Crippen molar-refractivity contribution in [3.8, 4) is 5.75 Å². The number of allylic oxidation sites excluding steroid dienone is 2. The molecule has 0 aliphatic heterocycles. The van der Waals surface area contributed by atoms with Crippen molar-refractivity contribution in [1.82, 2.24) is 0 Å². The molecule has 1 N–H and O–H groups in total. The normalized spacial score (nSPS) is 15.1. The number of phenolic OH excluding ortho intramolecular Hbond substituents is 1. The van der Waals surface area contributed by atoms with E-state index in [4.69, 9.17) is 16.7 Å². The summed E-state index contributed by atoms with van der Waals surface area (Å²) in [4.78, 5) is 22.8. The van der Waals surface area contributed by atoms with E-state index in [-0.39, 0.29) is 27.7 Å². The van der Waals surface area contributed by atoms with Crippen molar-refractivity contribution in [2.75, 3.05) is 0 Å². The summed E-state index contributed by atoms with van der Waals surface area (Å²) in [6, 6.07) is 4.01. The van der Waals surface area contributed by atoms with Crippen molar-refractivity contribution in [1.29, 1.82) is 0 Å². The fourth-order valence-electron chi connectivity index (χ4n) is 1.32. The smallest absolute Gasteiger partial charge is 0.205 e. The monoisotopic (exact) mass is 208 g/mol. The molecule has 0 amide bonds. The number of phenols is 1. The highest BCUT2D eigenvalue weighted by atomic mass is 35.5. The third-order valence-electron chi connectivity index (χ3n) is 1.99. The lowest BCUT2D eigenvalue weighted by Crippen LogP contribution is -2.14.